The highest BCUT2D eigenvalue weighted by molar-refractivity contribution is 9.10. The predicted molar refractivity (Wildman–Crippen MR) is 77.3 cm³/mol. The summed E-state index contributed by atoms with van der Waals surface area (Å²) in [5.41, 5.74) is 1.33. The van der Waals surface area contributed by atoms with Crippen LogP contribution in [-0.2, 0) is 0 Å². The van der Waals surface area contributed by atoms with E-state index in [0.717, 1.165) is 9.86 Å². The summed E-state index contributed by atoms with van der Waals surface area (Å²) in [6.45, 7) is 0. The number of phenols is 1. The lowest BCUT2D eigenvalue weighted by molar-refractivity contribution is 0.475. The van der Waals surface area contributed by atoms with Crippen molar-refractivity contribution < 1.29 is 9.52 Å². The Balaban J connectivity index is 2.28. The summed E-state index contributed by atoms with van der Waals surface area (Å²) in [4.78, 5) is 12.0. The molecule has 0 unspecified atom stereocenters. The normalized spacial score (nSPS) is 10.8. The van der Waals surface area contributed by atoms with Gasteiger partial charge < -0.3 is 9.52 Å². The van der Waals surface area contributed by atoms with E-state index in [1.54, 1.807) is 30.3 Å². The number of para-hydroxylation sites is 1. The van der Waals surface area contributed by atoms with E-state index in [-0.39, 0.29) is 5.75 Å². The van der Waals surface area contributed by atoms with E-state index in [9.17, 15) is 9.90 Å². The number of hydrogen-bond acceptors (Lipinski definition) is 3. The van der Waals surface area contributed by atoms with Crippen LogP contribution in [0.25, 0.3) is 22.1 Å². The standard InChI is InChI=1S/C15H9BrO3/c16-13-3-1-2-10-8-12(15(18)19-14(10)13)9-4-6-11(17)7-5-9/h1-8,17H. The highest BCUT2D eigenvalue weighted by Crippen LogP contribution is 2.26. The van der Waals surface area contributed by atoms with Crippen LogP contribution in [0.5, 0.6) is 5.75 Å². The van der Waals surface area contributed by atoms with Crippen molar-refractivity contribution in [1.29, 1.82) is 0 Å². The zero-order valence-corrected chi connectivity index (χ0v) is 11.3. The highest BCUT2D eigenvalue weighted by atomic mass is 79.9. The Morgan fingerprint density at radius 1 is 1.05 bits per heavy atom. The van der Waals surface area contributed by atoms with Gasteiger partial charge >= 0.3 is 5.63 Å². The number of phenolic OH excluding ortho intramolecular Hbond substituents is 1. The Hall–Kier alpha value is -2.07. The van der Waals surface area contributed by atoms with Crippen LogP contribution in [0.2, 0.25) is 0 Å². The Morgan fingerprint density at radius 2 is 1.79 bits per heavy atom. The molecule has 19 heavy (non-hydrogen) atoms. The summed E-state index contributed by atoms with van der Waals surface area (Å²) >= 11 is 3.36. The van der Waals surface area contributed by atoms with Crippen molar-refractivity contribution in [3.63, 3.8) is 0 Å². The summed E-state index contributed by atoms with van der Waals surface area (Å²) in [6, 6.07) is 13.8. The molecule has 0 aliphatic carbocycles. The van der Waals surface area contributed by atoms with E-state index in [4.69, 9.17) is 4.42 Å². The fraction of sp³-hybridized carbons (Fsp3) is 0. The molecule has 0 saturated carbocycles. The van der Waals surface area contributed by atoms with Gasteiger partial charge in [0.2, 0.25) is 0 Å². The average Bonchev–Trinajstić information content (AvgIpc) is 2.40. The number of fused-ring (bicyclic) bond motifs is 1. The first-order valence-electron chi connectivity index (χ1n) is 5.67. The quantitative estimate of drug-likeness (QED) is 0.692. The van der Waals surface area contributed by atoms with Crippen molar-refractivity contribution in [1.82, 2.24) is 0 Å². The SMILES string of the molecule is O=c1oc2c(Br)cccc2cc1-c1ccc(O)cc1. The molecule has 0 radical (unpaired) electrons. The van der Waals surface area contributed by atoms with Gasteiger partial charge in [-0.25, -0.2) is 4.79 Å². The lowest BCUT2D eigenvalue weighted by Crippen LogP contribution is -2.02. The molecule has 0 bridgehead atoms. The molecule has 3 rings (SSSR count). The van der Waals surface area contributed by atoms with Gasteiger partial charge in [0.25, 0.3) is 0 Å². The number of rotatable bonds is 1. The lowest BCUT2D eigenvalue weighted by atomic mass is 10.1. The van der Waals surface area contributed by atoms with Gasteiger partial charge in [0, 0.05) is 5.39 Å². The maximum absolute atomic E-state index is 12.0. The molecule has 1 N–H and O–H groups in total. The van der Waals surface area contributed by atoms with Crippen molar-refractivity contribution in [2.24, 2.45) is 0 Å². The first-order valence-corrected chi connectivity index (χ1v) is 6.46. The zero-order valence-electron chi connectivity index (χ0n) is 9.76. The van der Waals surface area contributed by atoms with Crippen molar-refractivity contribution in [2.45, 2.75) is 0 Å². The second-order valence-electron chi connectivity index (χ2n) is 4.15. The molecule has 0 amide bonds. The van der Waals surface area contributed by atoms with Crippen molar-refractivity contribution >= 4 is 26.9 Å². The molecule has 1 heterocycles. The number of hydrogen-bond donors (Lipinski definition) is 1. The molecule has 0 spiro atoms. The van der Waals surface area contributed by atoms with Gasteiger partial charge in [-0.1, -0.05) is 24.3 Å². The van der Waals surface area contributed by atoms with Crippen molar-refractivity contribution in [2.75, 3.05) is 0 Å². The topological polar surface area (TPSA) is 50.4 Å². The molecule has 94 valence electrons. The molecule has 3 aromatic rings. The number of halogens is 1. The van der Waals surface area contributed by atoms with Crippen LogP contribution in [0.4, 0.5) is 0 Å². The van der Waals surface area contributed by atoms with Gasteiger partial charge in [-0.15, -0.1) is 0 Å². The molecule has 2 aromatic carbocycles. The molecule has 0 aliphatic heterocycles. The maximum atomic E-state index is 12.0. The van der Waals surface area contributed by atoms with Crippen LogP contribution >= 0.6 is 15.9 Å². The lowest BCUT2D eigenvalue weighted by Gasteiger charge is -2.03. The molecular weight excluding hydrogens is 308 g/mol. The molecule has 0 aliphatic rings. The van der Waals surface area contributed by atoms with E-state index < -0.39 is 5.63 Å². The number of aromatic hydroxyl groups is 1. The van der Waals surface area contributed by atoms with E-state index in [2.05, 4.69) is 15.9 Å². The second kappa shape index (κ2) is 4.55. The van der Waals surface area contributed by atoms with Gasteiger partial charge in [0.05, 0.1) is 10.0 Å². The minimum Gasteiger partial charge on any atom is -0.508 e. The van der Waals surface area contributed by atoms with E-state index >= 15 is 0 Å². The second-order valence-corrected chi connectivity index (χ2v) is 5.01. The molecule has 4 heteroatoms. The van der Waals surface area contributed by atoms with Crippen molar-refractivity contribution in [3.8, 4) is 16.9 Å². The van der Waals surface area contributed by atoms with Crippen LogP contribution < -0.4 is 5.63 Å². The fourth-order valence-electron chi connectivity index (χ4n) is 1.95. The minimum atomic E-state index is -0.398. The van der Waals surface area contributed by atoms with E-state index in [0.29, 0.717) is 16.7 Å². The van der Waals surface area contributed by atoms with Crippen LogP contribution in [0.1, 0.15) is 0 Å². The Kier molecular flexibility index (Phi) is 2.87. The summed E-state index contributed by atoms with van der Waals surface area (Å²) in [5, 5.41) is 10.1. The third kappa shape index (κ3) is 2.15. The predicted octanol–water partition coefficient (Wildman–Crippen LogP) is 3.93. The number of benzene rings is 2. The van der Waals surface area contributed by atoms with Gasteiger partial charge in [-0.2, -0.15) is 0 Å². The first-order chi connectivity index (χ1) is 9.15. The summed E-state index contributed by atoms with van der Waals surface area (Å²) in [6.07, 6.45) is 0. The van der Waals surface area contributed by atoms with Gasteiger partial charge in [0.15, 0.2) is 5.58 Å². The Labute approximate surface area is 117 Å². The fourth-order valence-corrected chi connectivity index (χ4v) is 2.41. The molecule has 0 saturated heterocycles. The monoisotopic (exact) mass is 316 g/mol. The molecule has 0 atom stereocenters. The van der Waals surface area contributed by atoms with E-state index in [1.165, 1.54) is 0 Å². The van der Waals surface area contributed by atoms with Gasteiger partial charge in [0.1, 0.15) is 5.75 Å². The molecule has 1 aromatic heterocycles. The van der Waals surface area contributed by atoms with Crippen LogP contribution in [0, 0.1) is 0 Å². The molecular formula is C15H9BrO3. The van der Waals surface area contributed by atoms with Crippen LogP contribution in [-0.4, -0.2) is 5.11 Å². The third-order valence-electron chi connectivity index (χ3n) is 2.89. The Morgan fingerprint density at radius 3 is 2.53 bits per heavy atom. The van der Waals surface area contributed by atoms with Gasteiger partial charge in [-0.3, -0.25) is 0 Å². The molecule has 3 nitrogen and oxygen atoms in total. The summed E-state index contributed by atoms with van der Waals surface area (Å²) in [7, 11) is 0. The average molecular weight is 317 g/mol. The minimum absolute atomic E-state index is 0.164. The summed E-state index contributed by atoms with van der Waals surface area (Å²) < 4.78 is 6.09. The van der Waals surface area contributed by atoms with Crippen molar-refractivity contribution in [3.05, 3.63) is 63.4 Å². The van der Waals surface area contributed by atoms with Crippen LogP contribution in [0.3, 0.4) is 0 Å². The molecule has 0 fully saturated rings. The Bertz CT molecular complexity index is 804. The highest BCUT2D eigenvalue weighted by Gasteiger charge is 2.09. The first kappa shape index (κ1) is 12.0. The third-order valence-corrected chi connectivity index (χ3v) is 3.51. The smallest absolute Gasteiger partial charge is 0.344 e. The summed E-state index contributed by atoms with van der Waals surface area (Å²) in [5.74, 6) is 0.164. The zero-order chi connectivity index (χ0) is 13.4. The van der Waals surface area contributed by atoms with Gasteiger partial charge in [-0.05, 0) is 45.8 Å². The largest absolute Gasteiger partial charge is 0.508 e. The van der Waals surface area contributed by atoms with Crippen LogP contribution in [0.15, 0.2) is 62.2 Å². The van der Waals surface area contributed by atoms with E-state index in [1.807, 2.05) is 18.2 Å². The maximum Gasteiger partial charge on any atom is 0.344 e.